The van der Waals surface area contributed by atoms with E-state index in [0.717, 1.165) is 18.4 Å². The average Bonchev–Trinajstić information content (AvgIpc) is 2.66. The van der Waals surface area contributed by atoms with Crippen LogP contribution in [0.3, 0.4) is 0 Å². The van der Waals surface area contributed by atoms with Crippen LogP contribution in [-0.4, -0.2) is 48.2 Å². The molecule has 136 valence electrons. The fourth-order valence-corrected chi connectivity index (χ4v) is 3.84. The quantitative estimate of drug-likeness (QED) is 0.877. The number of benzene rings is 1. The van der Waals surface area contributed by atoms with Crippen LogP contribution in [0.4, 0.5) is 4.79 Å². The molecule has 2 amide bonds. The molecule has 2 aliphatic rings. The molecule has 2 aliphatic heterocycles. The van der Waals surface area contributed by atoms with E-state index in [4.69, 9.17) is 9.84 Å². The monoisotopic (exact) mass is 346 g/mol. The van der Waals surface area contributed by atoms with Crippen LogP contribution >= 0.6 is 0 Å². The highest BCUT2D eigenvalue weighted by atomic mass is 16.5. The predicted molar refractivity (Wildman–Crippen MR) is 93.4 cm³/mol. The van der Waals surface area contributed by atoms with Crippen LogP contribution in [0.5, 0.6) is 0 Å². The van der Waals surface area contributed by atoms with Crippen molar-refractivity contribution < 1.29 is 19.4 Å². The van der Waals surface area contributed by atoms with Crippen molar-refractivity contribution in [3.8, 4) is 0 Å². The van der Waals surface area contributed by atoms with Gasteiger partial charge in [0.1, 0.15) is 5.60 Å². The summed E-state index contributed by atoms with van der Waals surface area (Å²) >= 11 is 0. The van der Waals surface area contributed by atoms with E-state index in [2.05, 4.69) is 24.4 Å². The van der Waals surface area contributed by atoms with Crippen molar-refractivity contribution in [1.82, 2.24) is 10.2 Å². The van der Waals surface area contributed by atoms with Gasteiger partial charge < -0.3 is 20.1 Å². The molecule has 0 radical (unpaired) electrons. The number of carbonyl (C=O) groups excluding carboxylic acids is 1. The van der Waals surface area contributed by atoms with Crippen LogP contribution in [0.25, 0.3) is 0 Å². The molecule has 1 aromatic rings. The molecule has 1 aromatic carbocycles. The molecule has 1 saturated heterocycles. The number of nitrogens with one attached hydrogen (secondary N) is 1. The minimum Gasteiger partial charge on any atom is -0.481 e. The number of amides is 2. The van der Waals surface area contributed by atoms with Crippen LogP contribution in [0, 0.1) is 5.92 Å². The van der Waals surface area contributed by atoms with E-state index in [-0.39, 0.29) is 11.9 Å². The molecule has 0 spiro atoms. The Morgan fingerprint density at radius 1 is 1.32 bits per heavy atom. The maximum absolute atomic E-state index is 12.5. The number of urea groups is 1. The lowest BCUT2D eigenvalue weighted by atomic mass is 9.84. The SMILES string of the molecule is CCC1(CNC(=O)N2CCC(C(=O)O)CC2)OCCc2ccccc21. The third kappa shape index (κ3) is 3.63. The summed E-state index contributed by atoms with van der Waals surface area (Å²) in [6.45, 7) is 4.13. The lowest BCUT2D eigenvalue weighted by molar-refractivity contribution is -0.143. The zero-order valence-corrected chi connectivity index (χ0v) is 14.7. The number of piperidine rings is 1. The normalized spacial score (nSPS) is 23.8. The van der Waals surface area contributed by atoms with Crippen molar-refractivity contribution in [2.75, 3.05) is 26.2 Å². The van der Waals surface area contributed by atoms with Crippen molar-refractivity contribution in [2.24, 2.45) is 5.92 Å². The number of hydrogen-bond acceptors (Lipinski definition) is 3. The summed E-state index contributed by atoms with van der Waals surface area (Å²) in [6, 6.07) is 8.12. The smallest absolute Gasteiger partial charge is 0.317 e. The van der Waals surface area contributed by atoms with Crippen molar-refractivity contribution in [2.45, 2.75) is 38.2 Å². The van der Waals surface area contributed by atoms with Gasteiger partial charge in [-0.1, -0.05) is 31.2 Å². The first kappa shape index (κ1) is 17.7. The molecule has 2 heterocycles. The second-order valence-electron chi connectivity index (χ2n) is 6.86. The number of ether oxygens (including phenoxy) is 1. The first-order valence-electron chi connectivity index (χ1n) is 9.03. The maximum atomic E-state index is 12.5. The third-order valence-corrected chi connectivity index (χ3v) is 5.49. The predicted octanol–water partition coefficient (Wildman–Crippen LogP) is 2.37. The Balaban J connectivity index is 1.63. The number of carboxylic acids is 1. The van der Waals surface area contributed by atoms with E-state index >= 15 is 0 Å². The summed E-state index contributed by atoms with van der Waals surface area (Å²) in [5.74, 6) is -1.10. The van der Waals surface area contributed by atoms with Gasteiger partial charge in [-0.3, -0.25) is 4.79 Å². The number of carboxylic acid groups (broad SMARTS) is 1. The molecule has 0 bridgehead atoms. The largest absolute Gasteiger partial charge is 0.481 e. The molecule has 0 saturated carbocycles. The van der Waals surface area contributed by atoms with Crippen molar-refractivity contribution >= 4 is 12.0 Å². The van der Waals surface area contributed by atoms with Crippen molar-refractivity contribution in [3.05, 3.63) is 35.4 Å². The summed E-state index contributed by atoms with van der Waals surface area (Å²) in [7, 11) is 0. The summed E-state index contributed by atoms with van der Waals surface area (Å²) in [5, 5.41) is 12.1. The van der Waals surface area contributed by atoms with Crippen LogP contribution in [-0.2, 0) is 21.6 Å². The van der Waals surface area contributed by atoms with Gasteiger partial charge in [-0.2, -0.15) is 0 Å². The Hall–Kier alpha value is -2.08. The lowest BCUT2D eigenvalue weighted by Crippen LogP contribution is -2.51. The maximum Gasteiger partial charge on any atom is 0.317 e. The number of carbonyl (C=O) groups is 2. The molecule has 0 aliphatic carbocycles. The zero-order chi connectivity index (χ0) is 17.9. The highest BCUT2D eigenvalue weighted by Gasteiger charge is 2.37. The number of nitrogens with zero attached hydrogens (tertiary/aromatic N) is 1. The number of likely N-dealkylation sites (tertiary alicyclic amines) is 1. The van der Waals surface area contributed by atoms with Gasteiger partial charge in [0.25, 0.3) is 0 Å². The summed E-state index contributed by atoms with van der Waals surface area (Å²) < 4.78 is 6.12. The van der Waals surface area contributed by atoms with E-state index in [1.54, 1.807) is 4.90 Å². The van der Waals surface area contributed by atoms with E-state index in [0.29, 0.717) is 39.1 Å². The molecule has 1 unspecified atom stereocenters. The second-order valence-corrected chi connectivity index (χ2v) is 6.86. The van der Waals surface area contributed by atoms with Crippen LogP contribution in [0.1, 0.15) is 37.3 Å². The van der Waals surface area contributed by atoms with E-state index in [1.165, 1.54) is 5.56 Å². The molecule has 3 rings (SSSR count). The van der Waals surface area contributed by atoms with Crippen LogP contribution < -0.4 is 5.32 Å². The zero-order valence-electron chi connectivity index (χ0n) is 14.7. The van der Waals surface area contributed by atoms with E-state index in [1.807, 2.05) is 12.1 Å². The Morgan fingerprint density at radius 3 is 2.72 bits per heavy atom. The first-order chi connectivity index (χ1) is 12.1. The van der Waals surface area contributed by atoms with Crippen molar-refractivity contribution in [1.29, 1.82) is 0 Å². The fraction of sp³-hybridized carbons (Fsp3) is 0.579. The van der Waals surface area contributed by atoms with Gasteiger partial charge in [-0.05, 0) is 36.8 Å². The highest BCUT2D eigenvalue weighted by molar-refractivity contribution is 5.75. The lowest BCUT2D eigenvalue weighted by Gasteiger charge is -2.39. The molecule has 0 aromatic heterocycles. The Bertz CT molecular complexity index is 640. The molecule has 2 N–H and O–H groups in total. The number of hydrogen-bond donors (Lipinski definition) is 2. The number of rotatable bonds is 4. The van der Waals surface area contributed by atoms with Gasteiger partial charge in [0.2, 0.25) is 0 Å². The topological polar surface area (TPSA) is 78.9 Å². The Morgan fingerprint density at radius 2 is 2.04 bits per heavy atom. The summed E-state index contributed by atoms with van der Waals surface area (Å²) in [6.07, 6.45) is 2.71. The van der Waals surface area contributed by atoms with Gasteiger partial charge >= 0.3 is 12.0 Å². The summed E-state index contributed by atoms with van der Waals surface area (Å²) in [4.78, 5) is 25.2. The molecular formula is C19H26N2O4. The molecule has 1 atom stereocenters. The molecule has 1 fully saturated rings. The van der Waals surface area contributed by atoms with Gasteiger partial charge in [-0.15, -0.1) is 0 Å². The van der Waals surface area contributed by atoms with E-state index < -0.39 is 11.6 Å². The van der Waals surface area contributed by atoms with Gasteiger partial charge in [0, 0.05) is 13.1 Å². The second kappa shape index (κ2) is 7.44. The standard InChI is InChI=1S/C19H26N2O4/c1-2-19(16-6-4-3-5-14(16)9-12-25-19)13-20-18(24)21-10-7-15(8-11-21)17(22)23/h3-6,15H,2,7-13H2,1H3,(H,20,24)(H,22,23). The van der Waals surface area contributed by atoms with E-state index in [9.17, 15) is 9.59 Å². The van der Waals surface area contributed by atoms with Gasteiger partial charge in [0.15, 0.2) is 0 Å². The van der Waals surface area contributed by atoms with Crippen LogP contribution in [0.15, 0.2) is 24.3 Å². The first-order valence-corrected chi connectivity index (χ1v) is 9.03. The van der Waals surface area contributed by atoms with Crippen LogP contribution in [0.2, 0.25) is 0 Å². The molecule has 6 heteroatoms. The van der Waals surface area contributed by atoms with Gasteiger partial charge in [0.05, 0.1) is 19.1 Å². The number of aliphatic carboxylic acids is 1. The Labute approximate surface area is 148 Å². The minimum absolute atomic E-state index is 0.136. The molecule has 25 heavy (non-hydrogen) atoms. The Kier molecular flexibility index (Phi) is 5.27. The molecule has 6 nitrogen and oxygen atoms in total. The third-order valence-electron chi connectivity index (χ3n) is 5.49. The highest BCUT2D eigenvalue weighted by Crippen LogP contribution is 2.35. The fourth-order valence-electron chi connectivity index (χ4n) is 3.84. The van der Waals surface area contributed by atoms with Crippen molar-refractivity contribution in [3.63, 3.8) is 0 Å². The minimum atomic E-state index is -0.766. The number of fused-ring (bicyclic) bond motifs is 1. The van der Waals surface area contributed by atoms with Gasteiger partial charge in [-0.25, -0.2) is 4.79 Å². The average molecular weight is 346 g/mol. The summed E-state index contributed by atoms with van der Waals surface area (Å²) in [5.41, 5.74) is 1.96. The molecular weight excluding hydrogens is 320 g/mol.